The van der Waals surface area contributed by atoms with E-state index in [2.05, 4.69) is 17.6 Å². The number of piperidine rings is 1. The van der Waals surface area contributed by atoms with Gasteiger partial charge in [-0.3, -0.25) is 9.59 Å². The number of aliphatic carboxylic acids is 1. The summed E-state index contributed by atoms with van der Waals surface area (Å²) in [4.78, 5) is 23.5. The largest absolute Gasteiger partial charge is 0.481 e. The zero-order chi connectivity index (χ0) is 14.6. The van der Waals surface area contributed by atoms with Gasteiger partial charge in [0.05, 0.1) is 11.8 Å². The second-order valence-corrected chi connectivity index (χ2v) is 6.52. The van der Waals surface area contributed by atoms with Gasteiger partial charge in [0, 0.05) is 13.1 Å². The van der Waals surface area contributed by atoms with Crippen molar-refractivity contribution in [3.63, 3.8) is 0 Å². The van der Waals surface area contributed by atoms with Crippen LogP contribution in [0.3, 0.4) is 0 Å². The Bertz CT molecular complexity index is 371. The molecule has 1 aliphatic heterocycles. The molecule has 2 fully saturated rings. The van der Waals surface area contributed by atoms with E-state index < -0.39 is 5.97 Å². The van der Waals surface area contributed by atoms with Crippen LogP contribution in [0.25, 0.3) is 0 Å². The van der Waals surface area contributed by atoms with E-state index in [0.29, 0.717) is 6.54 Å². The zero-order valence-corrected chi connectivity index (χ0v) is 12.3. The molecule has 1 saturated carbocycles. The molecule has 5 heteroatoms. The van der Waals surface area contributed by atoms with Gasteiger partial charge in [-0.25, -0.2) is 0 Å². The maximum Gasteiger partial charge on any atom is 0.303 e. The van der Waals surface area contributed by atoms with Gasteiger partial charge in [-0.05, 0) is 44.1 Å². The Morgan fingerprint density at radius 1 is 1.25 bits per heavy atom. The molecule has 1 atom stereocenters. The number of amides is 1. The highest BCUT2D eigenvalue weighted by Crippen LogP contribution is 2.43. The molecule has 1 saturated heterocycles. The van der Waals surface area contributed by atoms with Gasteiger partial charge in [0.25, 0.3) is 0 Å². The number of carbonyl (C=O) groups is 2. The summed E-state index contributed by atoms with van der Waals surface area (Å²) in [5.74, 6) is -0.660. The average Bonchev–Trinajstić information content (AvgIpc) is 2.41. The molecule has 1 unspecified atom stereocenters. The van der Waals surface area contributed by atoms with Crippen molar-refractivity contribution < 1.29 is 14.7 Å². The molecule has 0 aromatic carbocycles. The fraction of sp³-hybridized carbons (Fsp3) is 0.867. The van der Waals surface area contributed by atoms with E-state index >= 15 is 0 Å². The van der Waals surface area contributed by atoms with Gasteiger partial charge in [0.15, 0.2) is 0 Å². The Balaban J connectivity index is 1.91. The number of nitrogens with one attached hydrogen (secondary N) is 2. The highest BCUT2D eigenvalue weighted by molar-refractivity contribution is 5.83. The summed E-state index contributed by atoms with van der Waals surface area (Å²) < 4.78 is 0. The van der Waals surface area contributed by atoms with Crippen molar-refractivity contribution in [2.45, 2.75) is 51.9 Å². The summed E-state index contributed by atoms with van der Waals surface area (Å²) in [6.45, 7) is 4.29. The number of carboxylic acid groups (broad SMARTS) is 1. The molecule has 2 rings (SSSR count). The molecule has 2 aliphatic rings. The first-order chi connectivity index (χ1) is 9.52. The molecule has 20 heavy (non-hydrogen) atoms. The van der Waals surface area contributed by atoms with Crippen LogP contribution in [0.15, 0.2) is 0 Å². The maximum absolute atomic E-state index is 12.5. The van der Waals surface area contributed by atoms with Crippen LogP contribution in [0, 0.1) is 10.8 Å². The van der Waals surface area contributed by atoms with Crippen molar-refractivity contribution in [3.05, 3.63) is 0 Å². The number of carboxylic acids is 1. The van der Waals surface area contributed by atoms with Crippen molar-refractivity contribution in [2.24, 2.45) is 10.8 Å². The Hall–Kier alpha value is -1.10. The van der Waals surface area contributed by atoms with Gasteiger partial charge in [0.2, 0.25) is 5.91 Å². The van der Waals surface area contributed by atoms with Gasteiger partial charge in [0.1, 0.15) is 0 Å². The van der Waals surface area contributed by atoms with Gasteiger partial charge in [-0.15, -0.1) is 0 Å². The first-order valence-corrected chi connectivity index (χ1v) is 7.73. The van der Waals surface area contributed by atoms with E-state index in [-0.39, 0.29) is 23.2 Å². The third-order valence-corrected chi connectivity index (χ3v) is 5.20. The number of hydrogen-bond donors (Lipinski definition) is 3. The quantitative estimate of drug-likeness (QED) is 0.690. The van der Waals surface area contributed by atoms with Crippen LogP contribution in [-0.4, -0.2) is 36.6 Å². The predicted octanol–water partition coefficient (Wildman–Crippen LogP) is 1.53. The highest BCUT2D eigenvalue weighted by Gasteiger charge is 2.42. The van der Waals surface area contributed by atoms with E-state index in [0.717, 1.165) is 51.6 Å². The molecule has 0 spiro atoms. The molecule has 0 bridgehead atoms. The van der Waals surface area contributed by atoms with Crippen LogP contribution in [-0.2, 0) is 9.59 Å². The van der Waals surface area contributed by atoms with E-state index in [1.54, 1.807) is 0 Å². The van der Waals surface area contributed by atoms with Gasteiger partial charge < -0.3 is 15.7 Å². The van der Waals surface area contributed by atoms with Crippen LogP contribution in [0.4, 0.5) is 0 Å². The SMILES string of the molecule is CCC1(C(=O)NCC2(CC(=O)O)CCC2)CCCNC1. The number of hydrogen-bond acceptors (Lipinski definition) is 3. The van der Waals surface area contributed by atoms with E-state index in [9.17, 15) is 9.59 Å². The molecule has 1 aliphatic carbocycles. The molecular weight excluding hydrogens is 256 g/mol. The minimum atomic E-state index is -0.761. The topological polar surface area (TPSA) is 78.4 Å². The van der Waals surface area contributed by atoms with Crippen LogP contribution in [0.2, 0.25) is 0 Å². The van der Waals surface area contributed by atoms with Crippen molar-refractivity contribution in [2.75, 3.05) is 19.6 Å². The average molecular weight is 282 g/mol. The monoisotopic (exact) mass is 282 g/mol. The first kappa shape index (κ1) is 15.3. The Morgan fingerprint density at radius 3 is 2.45 bits per heavy atom. The second kappa shape index (κ2) is 6.12. The van der Waals surface area contributed by atoms with E-state index in [1.165, 1.54) is 0 Å². The molecule has 0 aromatic rings. The Labute approximate surface area is 120 Å². The fourth-order valence-corrected chi connectivity index (χ4v) is 3.49. The van der Waals surface area contributed by atoms with Crippen LogP contribution < -0.4 is 10.6 Å². The summed E-state index contributed by atoms with van der Waals surface area (Å²) in [7, 11) is 0. The summed E-state index contributed by atoms with van der Waals surface area (Å²) in [5, 5.41) is 15.4. The summed E-state index contributed by atoms with van der Waals surface area (Å²) in [6, 6.07) is 0. The lowest BCUT2D eigenvalue weighted by Gasteiger charge is -2.42. The van der Waals surface area contributed by atoms with Crippen molar-refractivity contribution in [1.29, 1.82) is 0 Å². The van der Waals surface area contributed by atoms with Crippen LogP contribution >= 0.6 is 0 Å². The lowest BCUT2D eigenvalue weighted by atomic mass is 9.66. The van der Waals surface area contributed by atoms with Crippen LogP contribution in [0.1, 0.15) is 51.9 Å². The predicted molar refractivity (Wildman–Crippen MR) is 76.4 cm³/mol. The maximum atomic E-state index is 12.5. The number of carbonyl (C=O) groups excluding carboxylic acids is 1. The molecule has 1 heterocycles. The van der Waals surface area contributed by atoms with E-state index in [4.69, 9.17) is 5.11 Å². The molecule has 0 aromatic heterocycles. The van der Waals surface area contributed by atoms with Gasteiger partial charge >= 0.3 is 5.97 Å². The molecular formula is C15H26N2O3. The van der Waals surface area contributed by atoms with Crippen LogP contribution in [0.5, 0.6) is 0 Å². The molecule has 1 amide bonds. The molecule has 114 valence electrons. The molecule has 0 radical (unpaired) electrons. The summed E-state index contributed by atoms with van der Waals surface area (Å²) in [5.41, 5.74) is -0.495. The molecule has 5 nitrogen and oxygen atoms in total. The van der Waals surface area contributed by atoms with Gasteiger partial charge in [-0.1, -0.05) is 13.3 Å². The minimum Gasteiger partial charge on any atom is -0.481 e. The standard InChI is InChI=1S/C15H26N2O3/c1-2-15(7-4-8-16-11-15)13(20)17-10-14(5-3-6-14)9-12(18)19/h16H,2-11H2,1H3,(H,17,20)(H,18,19). The van der Waals surface area contributed by atoms with E-state index in [1.807, 2.05) is 0 Å². The smallest absolute Gasteiger partial charge is 0.303 e. The summed E-state index contributed by atoms with van der Waals surface area (Å²) in [6.07, 6.45) is 5.86. The Morgan fingerprint density at radius 2 is 2.00 bits per heavy atom. The highest BCUT2D eigenvalue weighted by atomic mass is 16.4. The molecule has 3 N–H and O–H groups in total. The zero-order valence-electron chi connectivity index (χ0n) is 12.3. The Kier molecular flexibility index (Phi) is 4.68. The normalized spacial score (nSPS) is 28.4. The number of rotatable bonds is 6. The fourth-order valence-electron chi connectivity index (χ4n) is 3.49. The van der Waals surface area contributed by atoms with Crippen molar-refractivity contribution in [3.8, 4) is 0 Å². The van der Waals surface area contributed by atoms with Crippen molar-refractivity contribution >= 4 is 11.9 Å². The minimum absolute atomic E-state index is 0.101. The second-order valence-electron chi connectivity index (χ2n) is 6.52. The third kappa shape index (κ3) is 3.14. The summed E-state index contributed by atoms with van der Waals surface area (Å²) >= 11 is 0. The van der Waals surface area contributed by atoms with Crippen molar-refractivity contribution in [1.82, 2.24) is 10.6 Å². The third-order valence-electron chi connectivity index (χ3n) is 5.20. The first-order valence-electron chi connectivity index (χ1n) is 7.73. The lowest BCUT2D eigenvalue weighted by Crippen LogP contribution is -2.53. The lowest BCUT2D eigenvalue weighted by molar-refractivity contribution is -0.142. The van der Waals surface area contributed by atoms with Gasteiger partial charge in [-0.2, -0.15) is 0 Å².